The highest BCUT2D eigenvalue weighted by atomic mass is 79.9. The molecule has 0 aliphatic carbocycles. The molecule has 0 spiro atoms. The number of halogens is 3. The lowest BCUT2D eigenvalue weighted by atomic mass is 10.2. The first-order valence-electron chi connectivity index (χ1n) is 4.94. The lowest BCUT2D eigenvalue weighted by molar-refractivity contribution is 1.14. The van der Waals surface area contributed by atoms with Crippen molar-refractivity contribution in [3.8, 4) is 0 Å². The van der Waals surface area contributed by atoms with Crippen LogP contribution in [0.25, 0.3) is 0 Å². The molecular formula is C12H9BrCl2N2. The third-order valence-corrected chi connectivity index (χ3v) is 3.29. The molecule has 88 valence electrons. The number of pyridine rings is 1. The van der Waals surface area contributed by atoms with Crippen LogP contribution in [0, 0.1) is 0 Å². The maximum atomic E-state index is 6.11. The van der Waals surface area contributed by atoms with Gasteiger partial charge in [0.25, 0.3) is 0 Å². The van der Waals surface area contributed by atoms with Gasteiger partial charge in [0.2, 0.25) is 0 Å². The summed E-state index contributed by atoms with van der Waals surface area (Å²) in [6.45, 7) is 0.648. The summed E-state index contributed by atoms with van der Waals surface area (Å²) >= 11 is 15.2. The minimum absolute atomic E-state index is 0.484. The van der Waals surface area contributed by atoms with Crippen LogP contribution in [-0.4, -0.2) is 4.98 Å². The molecule has 1 heterocycles. The zero-order chi connectivity index (χ0) is 12.3. The van der Waals surface area contributed by atoms with Gasteiger partial charge in [0, 0.05) is 16.0 Å². The number of rotatable bonds is 3. The average molecular weight is 332 g/mol. The quantitative estimate of drug-likeness (QED) is 0.820. The van der Waals surface area contributed by atoms with E-state index in [9.17, 15) is 0 Å². The molecule has 0 saturated heterocycles. The second-order valence-corrected chi connectivity index (χ2v) is 5.17. The highest BCUT2D eigenvalue weighted by Gasteiger charge is 2.01. The predicted molar refractivity (Wildman–Crippen MR) is 75.7 cm³/mol. The zero-order valence-corrected chi connectivity index (χ0v) is 11.9. The highest BCUT2D eigenvalue weighted by molar-refractivity contribution is 9.10. The van der Waals surface area contributed by atoms with Gasteiger partial charge in [-0.25, -0.2) is 4.98 Å². The van der Waals surface area contributed by atoms with E-state index in [-0.39, 0.29) is 0 Å². The minimum Gasteiger partial charge on any atom is -0.380 e. The lowest BCUT2D eigenvalue weighted by Gasteiger charge is -2.08. The van der Waals surface area contributed by atoms with E-state index in [1.54, 1.807) is 12.3 Å². The van der Waals surface area contributed by atoms with Crippen molar-refractivity contribution in [1.29, 1.82) is 0 Å². The maximum Gasteiger partial charge on any atom is 0.129 e. The van der Waals surface area contributed by atoms with E-state index in [0.29, 0.717) is 11.7 Å². The fourth-order valence-electron chi connectivity index (χ4n) is 1.34. The largest absolute Gasteiger partial charge is 0.380 e. The van der Waals surface area contributed by atoms with E-state index in [2.05, 4.69) is 26.2 Å². The van der Waals surface area contributed by atoms with Gasteiger partial charge in [0.15, 0.2) is 0 Å². The van der Waals surface area contributed by atoms with Crippen LogP contribution in [0.1, 0.15) is 5.56 Å². The molecule has 0 radical (unpaired) electrons. The second-order valence-electron chi connectivity index (χ2n) is 3.46. The van der Waals surface area contributed by atoms with Crippen LogP contribution in [0.2, 0.25) is 10.2 Å². The Morgan fingerprint density at radius 1 is 1.18 bits per heavy atom. The second kappa shape index (κ2) is 5.71. The van der Waals surface area contributed by atoms with Gasteiger partial charge in [0.05, 0.1) is 11.9 Å². The molecule has 1 N–H and O–H groups in total. The zero-order valence-electron chi connectivity index (χ0n) is 8.75. The monoisotopic (exact) mass is 330 g/mol. The molecule has 17 heavy (non-hydrogen) atoms. The number of nitrogens with one attached hydrogen (secondary N) is 1. The summed E-state index contributed by atoms with van der Waals surface area (Å²) in [5.41, 5.74) is 1.94. The van der Waals surface area contributed by atoms with Crippen molar-refractivity contribution in [2.24, 2.45) is 0 Å². The first-order chi connectivity index (χ1) is 8.15. The van der Waals surface area contributed by atoms with Gasteiger partial charge >= 0.3 is 0 Å². The van der Waals surface area contributed by atoms with Crippen LogP contribution >= 0.6 is 39.1 Å². The van der Waals surface area contributed by atoms with Crippen LogP contribution in [0.4, 0.5) is 5.69 Å². The molecule has 0 bridgehead atoms. The topological polar surface area (TPSA) is 24.9 Å². The van der Waals surface area contributed by atoms with Crippen LogP contribution < -0.4 is 5.32 Å². The van der Waals surface area contributed by atoms with Crippen molar-refractivity contribution in [3.05, 3.63) is 56.7 Å². The predicted octanol–water partition coefficient (Wildman–Crippen LogP) is 4.76. The third kappa shape index (κ3) is 3.60. The summed E-state index contributed by atoms with van der Waals surface area (Å²) < 4.78 is 0.972. The van der Waals surface area contributed by atoms with Crippen LogP contribution in [0.15, 0.2) is 41.0 Å². The Balaban J connectivity index is 2.04. The summed E-state index contributed by atoms with van der Waals surface area (Å²) in [6, 6.07) is 9.43. The molecule has 5 heteroatoms. The Bertz CT molecular complexity index is 514. The van der Waals surface area contributed by atoms with Crippen LogP contribution in [0.3, 0.4) is 0 Å². The molecule has 0 aliphatic heterocycles. The van der Waals surface area contributed by atoms with Gasteiger partial charge in [-0.15, -0.1) is 0 Å². The van der Waals surface area contributed by atoms with Crippen molar-refractivity contribution in [2.45, 2.75) is 6.54 Å². The number of benzene rings is 1. The molecule has 0 fully saturated rings. The molecule has 2 aromatic rings. The SMILES string of the molecule is Clc1ccc(NCc2ccc(Br)cc2Cl)cn1. The normalized spacial score (nSPS) is 10.3. The Morgan fingerprint density at radius 3 is 2.65 bits per heavy atom. The molecule has 0 aliphatic rings. The Hall–Kier alpha value is -0.770. The highest BCUT2D eigenvalue weighted by Crippen LogP contribution is 2.22. The van der Waals surface area contributed by atoms with Gasteiger partial charge in [-0.1, -0.05) is 45.2 Å². The van der Waals surface area contributed by atoms with Gasteiger partial charge in [-0.3, -0.25) is 0 Å². The van der Waals surface area contributed by atoms with E-state index in [0.717, 1.165) is 20.7 Å². The summed E-state index contributed by atoms with van der Waals surface area (Å²) in [7, 11) is 0. The summed E-state index contributed by atoms with van der Waals surface area (Å²) in [6.07, 6.45) is 1.69. The lowest BCUT2D eigenvalue weighted by Crippen LogP contribution is -2.00. The van der Waals surface area contributed by atoms with Crippen molar-refractivity contribution in [3.63, 3.8) is 0 Å². The van der Waals surface area contributed by atoms with E-state index < -0.39 is 0 Å². The molecule has 1 aromatic carbocycles. The smallest absolute Gasteiger partial charge is 0.129 e. The molecule has 1 aromatic heterocycles. The molecule has 2 rings (SSSR count). The summed E-state index contributed by atoms with van der Waals surface area (Å²) in [4.78, 5) is 3.99. The van der Waals surface area contributed by atoms with Crippen molar-refractivity contribution in [2.75, 3.05) is 5.32 Å². The molecule has 0 amide bonds. The average Bonchev–Trinajstić information content (AvgIpc) is 2.30. The Kier molecular flexibility index (Phi) is 4.26. The molecule has 0 atom stereocenters. The van der Waals surface area contributed by atoms with Crippen LogP contribution in [-0.2, 0) is 6.54 Å². The number of anilines is 1. The first-order valence-corrected chi connectivity index (χ1v) is 6.49. The van der Waals surface area contributed by atoms with E-state index in [1.165, 1.54) is 0 Å². The van der Waals surface area contributed by atoms with Crippen molar-refractivity contribution >= 4 is 44.8 Å². The number of aromatic nitrogens is 1. The standard InChI is InChI=1S/C12H9BrCl2N2/c13-9-2-1-8(11(14)5-9)6-16-10-3-4-12(15)17-7-10/h1-5,7,16H,6H2. The number of hydrogen-bond acceptors (Lipinski definition) is 2. The maximum absolute atomic E-state index is 6.11. The minimum atomic E-state index is 0.484. The number of hydrogen-bond donors (Lipinski definition) is 1. The fourth-order valence-corrected chi connectivity index (χ4v) is 2.19. The Labute approximate surface area is 118 Å². The summed E-state index contributed by atoms with van der Waals surface area (Å²) in [5, 5.41) is 4.44. The molecule has 0 saturated carbocycles. The van der Waals surface area contributed by atoms with Crippen molar-refractivity contribution in [1.82, 2.24) is 4.98 Å². The third-order valence-electron chi connectivity index (χ3n) is 2.23. The van der Waals surface area contributed by atoms with E-state index in [4.69, 9.17) is 23.2 Å². The first kappa shape index (κ1) is 12.7. The number of nitrogens with zero attached hydrogens (tertiary/aromatic N) is 1. The van der Waals surface area contributed by atoms with Crippen molar-refractivity contribution < 1.29 is 0 Å². The Morgan fingerprint density at radius 2 is 2.00 bits per heavy atom. The molecule has 0 unspecified atom stereocenters. The van der Waals surface area contributed by atoms with Gasteiger partial charge < -0.3 is 5.32 Å². The van der Waals surface area contributed by atoms with Gasteiger partial charge in [0.1, 0.15) is 5.15 Å². The summed E-state index contributed by atoms with van der Waals surface area (Å²) in [5.74, 6) is 0. The molecule has 2 nitrogen and oxygen atoms in total. The van der Waals surface area contributed by atoms with Gasteiger partial charge in [-0.05, 0) is 29.8 Å². The van der Waals surface area contributed by atoms with Crippen LogP contribution in [0.5, 0.6) is 0 Å². The van der Waals surface area contributed by atoms with E-state index >= 15 is 0 Å². The van der Waals surface area contributed by atoms with E-state index in [1.807, 2.05) is 24.3 Å². The molecular weight excluding hydrogens is 323 g/mol. The van der Waals surface area contributed by atoms with Gasteiger partial charge in [-0.2, -0.15) is 0 Å². The fraction of sp³-hybridized carbons (Fsp3) is 0.0833.